The zero-order valence-electron chi connectivity index (χ0n) is 19.7. The Morgan fingerprint density at radius 3 is 2.58 bits per heavy atom. The largest absolute Gasteiger partial charge is 0.381 e. The topological polar surface area (TPSA) is 58.1 Å². The van der Waals surface area contributed by atoms with Crippen LogP contribution in [0, 0.1) is 5.92 Å². The second-order valence-corrected chi connectivity index (χ2v) is 7.89. The van der Waals surface area contributed by atoms with Gasteiger partial charge in [-0.2, -0.15) is 0 Å². The molecule has 0 unspecified atom stereocenters. The summed E-state index contributed by atoms with van der Waals surface area (Å²) >= 11 is 0. The van der Waals surface area contributed by atoms with Crippen LogP contribution in [0.25, 0.3) is 0 Å². The molecule has 1 fully saturated rings. The maximum absolute atomic E-state index is 5.85. The van der Waals surface area contributed by atoms with Gasteiger partial charge in [0, 0.05) is 46.1 Å². The number of ether oxygens (including phenoxy) is 2. The summed E-state index contributed by atoms with van der Waals surface area (Å²) < 4.78 is 11.2. The highest BCUT2D eigenvalue weighted by Crippen LogP contribution is 2.14. The molecule has 0 radical (unpaired) electrons. The van der Waals surface area contributed by atoms with E-state index >= 15 is 0 Å². The normalized spacial score (nSPS) is 15.0. The van der Waals surface area contributed by atoms with E-state index in [0.29, 0.717) is 12.5 Å². The molecule has 178 valence electrons. The summed E-state index contributed by atoms with van der Waals surface area (Å²) in [6.45, 7) is 15.5. The summed E-state index contributed by atoms with van der Waals surface area (Å²) in [4.78, 5) is 7.19. The quantitative estimate of drug-likeness (QED) is 0.169. The SMILES string of the molecule is CCNC(=NCc1cccc(CN(CC)CC)c1)NCCCOCC1CCOCC1.I. The summed E-state index contributed by atoms with van der Waals surface area (Å²) in [7, 11) is 0. The molecule has 1 heterocycles. The zero-order valence-corrected chi connectivity index (χ0v) is 22.0. The van der Waals surface area contributed by atoms with Crippen molar-refractivity contribution in [1.29, 1.82) is 0 Å². The maximum atomic E-state index is 5.85. The first-order valence-corrected chi connectivity index (χ1v) is 11.7. The van der Waals surface area contributed by atoms with Gasteiger partial charge >= 0.3 is 0 Å². The minimum atomic E-state index is 0. The third-order valence-electron chi connectivity index (χ3n) is 5.51. The fraction of sp³-hybridized carbons (Fsp3) is 0.708. The molecule has 0 amide bonds. The van der Waals surface area contributed by atoms with E-state index in [0.717, 1.165) is 84.4 Å². The lowest BCUT2D eigenvalue weighted by Gasteiger charge is -2.21. The molecule has 31 heavy (non-hydrogen) atoms. The van der Waals surface area contributed by atoms with Crippen LogP contribution in [-0.2, 0) is 22.6 Å². The number of benzene rings is 1. The number of nitrogens with one attached hydrogen (secondary N) is 2. The average molecular weight is 547 g/mol. The lowest BCUT2D eigenvalue weighted by atomic mass is 10.0. The lowest BCUT2D eigenvalue weighted by Crippen LogP contribution is -2.38. The van der Waals surface area contributed by atoms with E-state index in [1.165, 1.54) is 11.1 Å². The number of hydrogen-bond acceptors (Lipinski definition) is 4. The highest BCUT2D eigenvalue weighted by Gasteiger charge is 2.13. The van der Waals surface area contributed by atoms with E-state index < -0.39 is 0 Å². The second kappa shape index (κ2) is 17.6. The summed E-state index contributed by atoms with van der Waals surface area (Å²) in [6, 6.07) is 8.77. The fourth-order valence-electron chi connectivity index (χ4n) is 3.59. The van der Waals surface area contributed by atoms with Gasteiger partial charge in [-0.25, -0.2) is 4.99 Å². The first-order chi connectivity index (χ1) is 14.7. The van der Waals surface area contributed by atoms with Gasteiger partial charge in [0.25, 0.3) is 0 Å². The van der Waals surface area contributed by atoms with Gasteiger partial charge in [0.2, 0.25) is 0 Å². The molecule has 0 bridgehead atoms. The average Bonchev–Trinajstić information content (AvgIpc) is 2.79. The van der Waals surface area contributed by atoms with Crippen LogP contribution in [-0.4, -0.2) is 63.5 Å². The lowest BCUT2D eigenvalue weighted by molar-refractivity contribution is 0.0203. The summed E-state index contributed by atoms with van der Waals surface area (Å²) in [5, 5.41) is 6.76. The Morgan fingerprint density at radius 2 is 1.87 bits per heavy atom. The van der Waals surface area contributed by atoms with Crippen LogP contribution >= 0.6 is 24.0 Å². The number of guanidine groups is 1. The van der Waals surface area contributed by atoms with E-state index in [9.17, 15) is 0 Å². The summed E-state index contributed by atoms with van der Waals surface area (Å²) in [5.74, 6) is 1.54. The zero-order chi connectivity index (χ0) is 21.4. The molecule has 7 heteroatoms. The molecule has 1 saturated heterocycles. The Balaban J connectivity index is 0.00000480. The van der Waals surface area contributed by atoms with E-state index in [4.69, 9.17) is 14.5 Å². The Hall–Kier alpha value is -0.900. The Morgan fingerprint density at radius 1 is 1.13 bits per heavy atom. The smallest absolute Gasteiger partial charge is 0.191 e. The van der Waals surface area contributed by atoms with Gasteiger partial charge in [-0.3, -0.25) is 4.90 Å². The van der Waals surface area contributed by atoms with Gasteiger partial charge in [0.05, 0.1) is 6.54 Å². The molecule has 1 aliphatic heterocycles. The molecule has 0 spiro atoms. The van der Waals surface area contributed by atoms with Gasteiger partial charge in [-0.1, -0.05) is 38.1 Å². The van der Waals surface area contributed by atoms with Crippen LogP contribution < -0.4 is 10.6 Å². The molecule has 0 atom stereocenters. The monoisotopic (exact) mass is 546 g/mol. The highest BCUT2D eigenvalue weighted by atomic mass is 127. The summed E-state index contributed by atoms with van der Waals surface area (Å²) in [5.41, 5.74) is 2.60. The molecule has 1 aromatic rings. The maximum Gasteiger partial charge on any atom is 0.191 e. The first-order valence-electron chi connectivity index (χ1n) is 11.7. The van der Waals surface area contributed by atoms with Crippen LogP contribution in [0.2, 0.25) is 0 Å². The standard InChI is InChI=1S/C24H42N4O2.HI/c1-4-25-24(26-13-8-14-30-20-21-11-15-29-16-12-21)27-18-22-9-7-10-23(17-22)19-28(5-2)6-3;/h7,9-10,17,21H,4-6,8,11-16,18-20H2,1-3H3,(H2,25,26,27);1H. The number of nitrogens with zero attached hydrogens (tertiary/aromatic N) is 2. The van der Waals surface area contributed by atoms with Gasteiger partial charge in [-0.05, 0) is 56.3 Å². The van der Waals surface area contributed by atoms with Crippen LogP contribution in [0.5, 0.6) is 0 Å². The van der Waals surface area contributed by atoms with Crippen LogP contribution in [0.4, 0.5) is 0 Å². The van der Waals surface area contributed by atoms with E-state index in [1.807, 2.05) is 0 Å². The Bertz CT molecular complexity index is 605. The first kappa shape index (κ1) is 28.1. The van der Waals surface area contributed by atoms with Crippen molar-refractivity contribution in [3.05, 3.63) is 35.4 Å². The van der Waals surface area contributed by atoms with Gasteiger partial charge in [0.15, 0.2) is 5.96 Å². The molecule has 1 aromatic carbocycles. The minimum absolute atomic E-state index is 0. The molecule has 0 aromatic heterocycles. The highest BCUT2D eigenvalue weighted by molar-refractivity contribution is 14.0. The predicted octanol–water partition coefficient (Wildman–Crippen LogP) is 4.03. The molecule has 6 nitrogen and oxygen atoms in total. The van der Waals surface area contributed by atoms with Crippen LogP contribution in [0.15, 0.2) is 29.3 Å². The number of halogens is 1. The van der Waals surface area contributed by atoms with Crippen molar-refractivity contribution in [3.8, 4) is 0 Å². The third kappa shape index (κ3) is 12.1. The van der Waals surface area contributed by atoms with E-state index in [2.05, 4.69) is 60.6 Å². The van der Waals surface area contributed by atoms with Crippen molar-refractivity contribution in [2.45, 2.75) is 53.1 Å². The molecule has 2 rings (SSSR count). The minimum Gasteiger partial charge on any atom is -0.381 e. The van der Waals surface area contributed by atoms with Crippen molar-refractivity contribution in [2.75, 3.05) is 52.6 Å². The van der Waals surface area contributed by atoms with Crippen LogP contribution in [0.1, 0.15) is 51.2 Å². The van der Waals surface area contributed by atoms with Crippen molar-refractivity contribution in [2.24, 2.45) is 10.9 Å². The molecule has 0 aliphatic carbocycles. The van der Waals surface area contributed by atoms with Crippen molar-refractivity contribution in [1.82, 2.24) is 15.5 Å². The molecule has 1 aliphatic rings. The molecule has 2 N–H and O–H groups in total. The number of hydrogen-bond donors (Lipinski definition) is 2. The second-order valence-electron chi connectivity index (χ2n) is 7.89. The van der Waals surface area contributed by atoms with Gasteiger partial charge in [0.1, 0.15) is 0 Å². The van der Waals surface area contributed by atoms with Crippen molar-refractivity contribution < 1.29 is 9.47 Å². The van der Waals surface area contributed by atoms with Gasteiger partial charge in [-0.15, -0.1) is 24.0 Å². The Kier molecular flexibility index (Phi) is 16.0. The third-order valence-corrected chi connectivity index (χ3v) is 5.51. The number of aliphatic imine (C=N–C) groups is 1. The fourth-order valence-corrected chi connectivity index (χ4v) is 3.59. The van der Waals surface area contributed by atoms with E-state index in [1.54, 1.807) is 0 Å². The van der Waals surface area contributed by atoms with E-state index in [-0.39, 0.29) is 24.0 Å². The summed E-state index contributed by atoms with van der Waals surface area (Å²) in [6.07, 6.45) is 3.24. The number of rotatable bonds is 13. The molecular formula is C24H43IN4O2. The van der Waals surface area contributed by atoms with Crippen molar-refractivity contribution in [3.63, 3.8) is 0 Å². The van der Waals surface area contributed by atoms with Crippen LogP contribution in [0.3, 0.4) is 0 Å². The van der Waals surface area contributed by atoms with Gasteiger partial charge < -0.3 is 20.1 Å². The molecular weight excluding hydrogens is 503 g/mol. The predicted molar refractivity (Wildman–Crippen MR) is 140 cm³/mol. The van der Waals surface area contributed by atoms with Crippen molar-refractivity contribution >= 4 is 29.9 Å². The Labute approximate surface area is 206 Å². The molecule has 0 saturated carbocycles.